The Balaban J connectivity index is 1.26. The number of fused-ring (bicyclic) bond motifs is 2. The first-order chi connectivity index (χ1) is 17.8. The summed E-state index contributed by atoms with van der Waals surface area (Å²) in [5, 5.41) is 23.5. The predicted molar refractivity (Wildman–Crippen MR) is 136 cm³/mol. The van der Waals surface area contributed by atoms with Gasteiger partial charge in [-0.25, -0.2) is 0 Å². The molecule has 2 heterocycles. The largest absolute Gasteiger partial charge is 0.490 e. The number of carboxylic acid groups (broad SMARTS) is 1. The van der Waals surface area contributed by atoms with Crippen molar-refractivity contribution in [3.05, 3.63) is 53.1 Å². The topological polar surface area (TPSA) is 112 Å². The van der Waals surface area contributed by atoms with Crippen LogP contribution in [0.1, 0.15) is 56.2 Å². The molecule has 8 nitrogen and oxygen atoms in total. The van der Waals surface area contributed by atoms with Gasteiger partial charge in [0.1, 0.15) is 11.8 Å². The van der Waals surface area contributed by atoms with Crippen molar-refractivity contribution in [3.63, 3.8) is 0 Å². The quantitative estimate of drug-likeness (QED) is 0.494. The van der Waals surface area contributed by atoms with Gasteiger partial charge in [0.05, 0.1) is 17.1 Å². The van der Waals surface area contributed by atoms with E-state index in [-0.39, 0.29) is 11.5 Å². The summed E-state index contributed by atoms with van der Waals surface area (Å²) in [6.45, 7) is 6.33. The molecule has 6 rings (SSSR count). The minimum absolute atomic E-state index is 0.0321. The molecule has 1 aliphatic heterocycles. The highest BCUT2D eigenvalue weighted by Gasteiger charge is 2.53. The van der Waals surface area contributed by atoms with Crippen molar-refractivity contribution in [3.8, 4) is 34.7 Å². The molecule has 1 N–H and O–H groups in total. The van der Waals surface area contributed by atoms with Crippen molar-refractivity contribution >= 4 is 5.97 Å². The van der Waals surface area contributed by atoms with Crippen molar-refractivity contribution in [1.82, 2.24) is 15.0 Å². The van der Waals surface area contributed by atoms with Crippen molar-refractivity contribution in [2.45, 2.75) is 57.5 Å². The van der Waals surface area contributed by atoms with Gasteiger partial charge < -0.3 is 19.3 Å². The molecule has 2 aromatic carbocycles. The third-order valence-electron chi connectivity index (χ3n) is 8.24. The van der Waals surface area contributed by atoms with E-state index < -0.39 is 11.4 Å². The van der Waals surface area contributed by atoms with Gasteiger partial charge in [-0.05, 0) is 81.8 Å². The van der Waals surface area contributed by atoms with Crippen LogP contribution < -0.4 is 4.74 Å². The first-order valence-electron chi connectivity index (χ1n) is 13.0. The van der Waals surface area contributed by atoms with E-state index in [0.29, 0.717) is 35.1 Å². The SMILES string of the molecule is CC(C)Oc1ccc(-c2nc(-c3cccc4c3CC[C@@]43CCN(CC4(C(=O)O)CC4)C3)no2)cc1C#N. The highest BCUT2D eigenvalue weighted by molar-refractivity contribution is 5.78. The van der Waals surface area contributed by atoms with Crippen LogP contribution in [0.4, 0.5) is 0 Å². The Labute approximate surface area is 215 Å². The number of hydrogen-bond donors (Lipinski definition) is 1. The fourth-order valence-corrected chi connectivity index (χ4v) is 6.15. The fraction of sp³-hybridized carbons (Fsp3) is 0.448. The lowest BCUT2D eigenvalue weighted by molar-refractivity contribution is -0.144. The number of hydrogen-bond acceptors (Lipinski definition) is 7. The Bertz CT molecular complexity index is 1420. The Hall–Kier alpha value is -3.70. The third kappa shape index (κ3) is 4.08. The fourth-order valence-electron chi connectivity index (χ4n) is 6.15. The molecule has 1 saturated carbocycles. The van der Waals surface area contributed by atoms with E-state index in [1.54, 1.807) is 12.1 Å². The zero-order valence-electron chi connectivity index (χ0n) is 21.2. The summed E-state index contributed by atoms with van der Waals surface area (Å²) in [5.41, 5.74) is 4.20. The van der Waals surface area contributed by atoms with Crippen LogP contribution in [0.3, 0.4) is 0 Å². The average molecular weight is 499 g/mol. The van der Waals surface area contributed by atoms with Crippen molar-refractivity contribution < 1.29 is 19.2 Å². The van der Waals surface area contributed by atoms with Crippen LogP contribution in [0.15, 0.2) is 40.9 Å². The normalized spacial score (nSPS) is 21.8. The van der Waals surface area contributed by atoms with Gasteiger partial charge in [-0.3, -0.25) is 4.79 Å². The molecule has 2 fully saturated rings. The maximum absolute atomic E-state index is 11.7. The van der Waals surface area contributed by atoms with Gasteiger partial charge in [0.15, 0.2) is 0 Å². The van der Waals surface area contributed by atoms with Crippen molar-refractivity contribution in [1.29, 1.82) is 5.26 Å². The first-order valence-corrected chi connectivity index (χ1v) is 13.0. The second kappa shape index (κ2) is 8.70. The number of aromatic nitrogens is 2. The maximum atomic E-state index is 11.7. The number of benzene rings is 2. The maximum Gasteiger partial charge on any atom is 0.310 e. The summed E-state index contributed by atoms with van der Waals surface area (Å²) in [7, 11) is 0. The molecule has 1 atom stereocenters. The van der Waals surface area contributed by atoms with Crippen LogP contribution in [0.25, 0.3) is 22.8 Å². The third-order valence-corrected chi connectivity index (χ3v) is 8.24. The highest BCUT2D eigenvalue weighted by Crippen LogP contribution is 2.51. The van der Waals surface area contributed by atoms with E-state index in [1.807, 2.05) is 26.0 Å². The van der Waals surface area contributed by atoms with E-state index in [2.05, 4.69) is 28.3 Å². The summed E-state index contributed by atoms with van der Waals surface area (Å²) in [4.78, 5) is 18.8. The standard InChI is InChI=1S/C29H30N4O4/c1-18(2)36-24-7-6-19(14-20(24)15-30)26-31-25(32-37-26)22-4-3-5-23-21(22)8-9-28(23)12-13-33(16-28)17-29(10-11-29)27(34)35/h3-7,14,18H,8-13,16-17H2,1-2H3,(H,34,35)/t28-/m0/s1. The monoisotopic (exact) mass is 498 g/mol. The molecule has 3 aromatic rings. The smallest absolute Gasteiger partial charge is 0.310 e. The van der Waals surface area contributed by atoms with E-state index in [4.69, 9.17) is 14.2 Å². The van der Waals surface area contributed by atoms with E-state index in [1.165, 1.54) is 11.1 Å². The zero-order valence-corrected chi connectivity index (χ0v) is 21.2. The van der Waals surface area contributed by atoms with E-state index in [9.17, 15) is 15.2 Å². The van der Waals surface area contributed by atoms with Gasteiger partial charge >= 0.3 is 5.97 Å². The Morgan fingerprint density at radius 2 is 2.08 bits per heavy atom. The van der Waals surface area contributed by atoms with Gasteiger partial charge in [0, 0.05) is 29.6 Å². The summed E-state index contributed by atoms with van der Waals surface area (Å²) < 4.78 is 11.4. The molecule has 2 aliphatic carbocycles. The second-order valence-electron chi connectivity index (χ2n) is 11.1. The van der Waals surface area contributed by atoms with Crippen LogP contribution in [-0.2, 0) is 16.6 Å². The summed E-state index contributed by atoms with van der Waals surface area (Å²) in [6, 6.07) is 13.8. The number of rotatable bonds is 7. The number of carbonyl (C=O) groups is 1. The average Bonchev–Trinajstić information content (AvgIpc) is 3.21. The van der Waals surface area contributed by atoms with Gasteiger partial charge in [-0.15, -0.1) is 0 Å². The molecule has 37 heavy (non-hydrogen) atoms. The van der Waals surface area contributed by atoms with Crippen LogP contribution in [0.5, 0.6) is 5.75 Å². The van der Waals surface area contributed by atoms with Crippen LogP contribution in [0, 0.1) is 16.7 Å². The molecular formula is C29H30N4O4. The van der Waals surface area contributed by atoms with Gasteiger partial charge in [-0.2, -0.15) is 10.2 Å². The van der Waals surface area contributed by atoms with Crippen LogP contribution in [0.2, 0.25) is 0 Å². The van der Waals surface area contributed by atoms with Gasteiger partial charge in [0.2, 0.25) is 5.82 Å². The number of carboxylic acids is 1. The minimum Gasteiger partial charge on any atom is -0.490 e. The number of nitriles is 1. The molecular weight excluding hydrogens is 468 g/mol. The number of aliphatic carboxylic acids is 1. The van der Waals surface area contributed by atoms with Crippen LogP contribution >= 0.6 is 0 Å². The number of likely N-dealkylation sites (tertiary alicyclic amines) is 1. The first kappa shape index (κ1) is 23.7. The lowest BCUT2D eigenvalue weighted by Crippen LogP contribution is -2.35. The zero-order chi connectivity index (χ0) is 25.8. The van der Waals surface area contributed by atoms with E-state index >= 15 is 0 Å². The van der Waals surface area contributed by atoms with Crippen molar-refractivity contribution in [2.75, 3.05) is 19.6 Å². The Morgan fingerprint density at radius 1 is 1.24 bits per heavy atom. The summed E-state index contributed by atoms with van der Waals surface area (Å²) in [6.07, 6.45) is 4.57. The number of nitrogens with zero attached hydrogens (tertiary/aromatic N) is 4. The molecule has 0 bridgehead atoms. The second-order valence-corrected chi connectivity index (χ2v) is 11.1. The molecule has 1 aromatic heterocycles. The minimum atomic E-state index is -0.653. The summed E-state index contributed by atoms with van der Waals surface area (Å²) >= 11 is 0. The molecule has 0 amide bonds. The van der Waals surface area contributed by atoms with Gasteiger partial charge in [0.25, 0.3) is 5.89 Å². The van der Waals surface area contributed by atoms with Gasteiger partial charge in [-0.1, -0.05) is 23.4 Å². The highest BCUT2D eigenvalue weighted by atomic mass is 16.5. The van der Waals surface area contributed by atoms with E-state index in [0.717, 1.165) is 50.8 Å². The summed E-state index contributed by atoms with van der Waals surface area (Å²) in [5.74, 6) is 0.791. The lowest BCUT2D eigenvalue weighted by atomic mass is 9.81. The molecule has 0 unspecified atom stereocenters. The Kier molecular flexibility index (Phi) is 5.57. The van der Waals surface area contributed by atoms with Crippen LogP contribution in [-0.4, -0.2) is 51.9 Å². The van der Waals surface area contributed by atoms with Crippen molar-refractivity contribution in [2.24, 2.45) is 5.41 Å². The number of ether oxygens (including phenoxy) is 1. The lowest BCUT2D eigenvalue weighted by Gasteiger charge is -2.27. The molecule has 1 saturated heterocycles. The molecule has 0 radical (unpaired) electrons. The Morgan fingerprint density at radius 3 is 2.81 bits per heavy atom. The molecule has 190 valence electrons. The molecule has 1 spiro atoms. The predicted octanol–water partition coefficient (Wildman–Crippen LogP) is 4.82. The molecule has 8 heteroatoms. The molecule has 3 aliphatic rings.